The van der Waals surface area contributed by atoms with Crippen LogP contribution in [0.4, 0.5) is 9.59 Å². The zero-order valence-electron chi connectivity index (χ0n) is 9.73. The molecule has 0 saturated heterocycles. The fourth-order valence-electron chi connectivity index (χ4n) is 1.10. The minimum Gasteiger partial charge on any atom is -0.481 e. The molecule has 98 valence electrons. The van der Waals surface area contributed by atoms with Gasteiger partial charge in [0.05, 0.1) is 6.42 Å². The molecule has 5 N–H and O–H groups in total. The van der Waals surface area contributed by atoms with Crippen molar-refractivity contribution in [3.8, 4) is 0 Å². The normalized spacial score (nSPS) is 9.47. The third kappa shape index (κ3) is 7.88. The van der Waals surface area contributed by atoms with Gasteiger partial charge in [-0.25, -0.2) is 9.59 Å². The van der Waals surface area contributed by atoms with Gasteiger partial charge in [-0.2, -0.15) is 0 Å². The van der Waals surface area contributed by atoms with Gasteiger partial charge in [-0.3, -0.25) is 4.79 Å². The summed E-state index contributed by atoms with van der Waals surface area (Å²) in [7, 11) is 0. The van der Waals surface area contributed by atoms with Gasteiger partial charge in [0.2, 0.25) is 0 Å². The van der Waals surface area contributed by atoms with E-state index in [4.69, 9.17) is 10.8 Å². The van der Waals surface area contributed by atoms with Crippen molar-refractivity contribution in [1.29, 1.82) is 0 Å². The van der Waals surface area contributed by atoms with E-state index in [9.17, 15) is 14.4 Å². The van der Waals surface area contributed by atoms with E-state index in [1.54, 1.807) is 6.92 Å². The second kappa shape index (κ2) is 8.20. The van der Waals surface area contributed by atoms with Gasteiger partial charge in [-0.15, -0.1) is 0 Å². The lowest BCUT2D eigenvalue weighted by molar-refractivity contribution is -0.137. The Hall–Kier alpha value is -1.99. The number of nitrogens with zero attached hydrogens (tertiary/aromatic N) is 1. The minimum absolute atomic E-state index is 0.0964. The number of hydrogen-bond acceptors (Lipinski definition) is 3. The predicted molar refractivity (Wildman–Crippen MR) is 60.5 cm³/mol. The molecule has 0 aromatic rings. The Kier molecular flexibility index (Phi) is 7.24. The molecule has 0 aromatic carbocycles. The Morgan fingerprint density at radius 2 is 1.82 bits per heavy atom. The van der Waals surface area contributed by atoms with E-state index in [1.807, 2.05) is 0 Å². The maximum atomic E-state index is 11.5. The van der Waals surface area contributed by atoms with Crippen molar-refractivity contribution >= 4 is 18.0 Å². The molecule has 0 bridgehead atoms. The van der Waals surface area contributed by atoms with Gasteiger partial charge in [-0.05, 0) is 6.92 Å². The van der Waals surface area contributed by atoms with Gasteiger partial charge in [0.25, 0.3) is 0 Å². The number of primary amides is 1. The van der Waals surface area contributed by atoms with Crippen LogP contribution in [0.25, 0.3) is 0 Å². The highest BCUT2D eigenvalue weighted by Gasteiger charge is 2.11. The summed E-state index contributed by atoms with van der Waals surface area (Å²) < 4.78 is 0. The van der Waals surface area contributed by atoms with Gasteiger partial charge in [-0.1, -0.05) is 0 Å². The Bertz CT molecular complexity index is 282. The van der Waals surface area contributed by atoms with Crippen LogP contribution in [0.3, 0.4) is 0 Å². The maximum Gasteiger partial charge on any atom is 0.317 e. The van der Waals surface area contributed by atoms with Crippen molar-refractivity contribution in [2.45, 2.75) is 13.3 Å². The Morgan fingerprint density at radius 1 is 1.24 bits per heavy atom. The first-order valence-corrected chi connectivity index (χ1v) is 5.25. The largest absolute Gasteiger partial charge is 0.481 e. The standard InChI is InChI=1S/C9H18N4O4/c1-2-13(6-3-7(14)15)9(17)12-5-4-11-8(10)16/h2-6H2,1H3,(H,12,17)(H,14,15)(H3,10,11,16). The number of carbonyl (C=O) groups is 3. The van der Waals surface area contributed by atoms with Crippen LogP contribution >= 0.6 is 0 Å². The Morgan fingerprint density at radius 3 is 2.29 bits per heavy atom. The Labute approximate surface area is 99.1 Å². The molecule has 0 fully saturated rings. The summed E-state index contributed by atoms with van der Waals surface area (Å²) in [4.78, 5) is 33.6. The third-order valence-electron chi connectivity index (χ3n) is 1.96. The molecule has 0 rings (SSSR count). The molecule has 0 radical (unpaired) electrons. The molecule has 4 amide bonds. The van der Waals surface area contributed by atoms with Crippen molar-refractivity contribution in [3.05, 3.63) is 0 Å². The molecule has 0 heterocycles. The zero-order valence-corrected chi connectivity index (χ0v) is 9.73. The van der Waals surface area contributed by atoms with Gasteiger partial charge in [0, 0.05) is 26.2 Å². The van der Waals surface area contributed by atoms with Gasteiger partial charge in [0.15, 0.2) is 0 Å². The molecule has 0 spiro atoms. The number of amides is 4. The highest BCUT2D eigenvalue weighted by atomic mass is 16.4. The highest BCUT2D eigenvalue weighted by Crippen LogP contribution is 1.92. The van der Waals surface area contributed by atoms with E-state index in [2.05, 4.69) is 10.6 Å². The van der Waals surface area contributed by atoms with Gasteiger partial charge >= 0.3 is 18.0 Å². The SMILES string of the molecule is CCN(CCC(=O)O)C(=O)NCCNC(N)=O. The number of aliphatic carboxylic acids is 1. The summed E-state index contributed by atoms with van der Waals surface area (Å²) in [5.41, 5.74) is 4.84. The van der Waals surface area contributed by atoms with E-state index in [1.165, 1.54) is 4.90 Å². The van der Waals surface area contributed by atoms with Crippen LogP contribution in [0.5, 0.6) is 0 Å². The first kappa shape index (κ1) is 15.0. The quantitative estimate of drug-likeness (QED) is 0.437. The van der Waals surface area contributed by atoms with Crippen LogP contribution in [-0.4, -0.2) is 54.2 Å². The van der Waals surface area contributed by atoms with Crippen LogP contribution in [-0.2, 0) is 4.79 Å². The fraction of sp³-hybridized carbons (Fsp3) is 0.667. The summed E-state index contributed by atoms with van der Waals surface area (Å²) >= 11 is 0. The van der Waals surface area contributed by atoms with E-state index in [-0.39, 0.29) is 32.1 Å². The smallest absolute Gasteiger partial charge is 0.317 e. The van der Waals surface area contributed by atoms with Crippen LogP contribution in [0.2, 0.25) is 0 Å². The van der Waals surface area contributed by atoms with Crippen molar-refractivity contribution in [2.24, 2.45) is 5.73 Å². The molecule has 0 unspecified atom stereocenters. The highest BCUT2D eigenvalue weighted by molar-refractivity contribution is 5.75. The number of nitrogens with two attached hydrogens (primary N) is 1. The molecular weight excluding hydrogens is 228 g/mol. The van der Waals surface area contributed by atoms with Crippen molar-refractivity contribution in [2.75, 3.05) is 26.2 Å². The maximum absolute atomic E-state index is 11.5. The van der Waals surface area contributed by atoms with E-state index in [0.717, 1.165) is 0 Å². The molecule has 0 atom stereocenters. The first-order valence-electron chi connectivity index (χ1n) is 5.25. The molecule has 0 aromatic heterocycles. The first-order chi connectivity index (χ1) is 7.97. The number of carboxylic acid groups (broad SMARTS) is 1. The van der Waals surface area contributed by atoms with E-state index < -0.39 is 12.0 Å². The summed E-state index contributed by atoms with van der Waals surface area (Å²) in [6.45, 7) is 2.80. The lowest BCUT2D eigenvalue weighted by Crippen LogP contribution is -2.44. The average molecular weight is 246 g/mol. The molecule has 0 aliphatic heterocycles. The Balaban J connectivity index is 3.83. The summed E-state index contributed by atoms with van der Waals surface area (Å²) in [5, 5.41) is 13.4. The molecular formula is C9H18N4O4. The molecule has 8 heteroatoms. The summed E-state index contributed by atoms with van der Waals surface area (Å²) in [5.74, 6) is -0.952. The molecule has 17 heavy (non-hydrogen) atoms. The van der Waals surface area contributed by atoms with Crippen molar-refractivity contribution in [3.63, 3.8) is 0 Å². The van der Waals surface area contributed by atoms with E-state index >= 15 is 0 Å². The lowest BCUT2D eigenvalue weighted by Gasteiger charge is -2.20. The van der Waals surface area contributed by atoms with Gasteiger partial charge in [0.1, 0.15) is 0 Å². The number of urea groups is 2. The van der Waals surface area contributed by atoms with Crippen molar-refractivity contribution in [1.82, 2.24) is 15.5 Å². The van der Waals surface area contributed by atoms with Crippen LogP contribution in [0.1, 0.15) is 13.3 Å². The van der Waals surface area contributed by atoms with Crippen LogP contribution in [0, 0.1) is 0 Å². The molecule has 0 aliphatic rings. The monoisotopic (exact) mass is 246 g/mol. The molecule has 0 aliphatic carbocycles. The predicted octanol–water partition coefficient (Wildman–Crippen LogP) is -0.839. The summed E-state index contributed by atoms with van der Waals surface area (Å²) in [6, 6.07) is -1.02. The lowest BCUT2D eigenvalue weighted by atomic mass is 10.4. The second-order valence-electron chi connectivity index (χ2n) is 3.25. The van der Waals surface area contributed by atoms with E-state index in [0.29, 0.717) is 6.54 Å². The number of rotatable bonds is 7. The van der Waals surface area contributed by atoms with Crippen LogP contribution < -0.4 is 16.4 Å². The van der Waals surface area contributed by atoms with Gasteiger partial charge < -0.3 is 26.4 Å². The third-order valence-corrected chi connectivity index (χ3v) is 1.96. The summed E-state index contributed by atoms with van der Waals surface area (Å²) in [6.07, 6.45) is -0.0964. The zero-order chi connectivity index (χ0) is 13.3. The number of nitrogens with one attached hydrogen (secondary N) is 2. The minimum atomic E-state index is -0.952. The fourth-order valence-corrected chi connectivity index (χ4v) is 1.10. The molecule has 8 nitrogen and oxygen atoms in total. The number of hydrogen-bond donors (Lipinski definition) is 4. The van der Waals surface area contributed by atoms with Crippen LogP contribution in [0.15, 0.2) is 0 Å². The number of carboxylic acids is 1. The molecule has 0 saturated carbocycles. The average Bonchev–Trinajstić information content (AvgIpc) is 2.24. The number of carbonyl (C=O) groups excluding carboxylic acids is 2. The van der Waals surface area contributed by atoms with Crippen molar-refractivity contribution < 1.29 is 19.5 Å². The second-order valence-corrected chi connectivity index (χ2v) is 3.25. The topological polar surface area (TPSA) is 125 Å².